The molecule has 1 aromatic carbocycles. The van der Waals surface area contributed by atoms with Crippen LogP contribution in [0.15, 0.2) is 30.3 Å². The van der Waals surface area contributed by atoms with Crippen LogP contribution in [0.25, 0.3) is 10.4 Å². The van der Waals surface area contributed by atoms with Crippen molar-refractivity contribution in [2.24, 2.45) is 5.73 Å². The molecule has 1 heterocycles. The van der Waals surface area contributed by atoms with Gasteiger partial charge in [-0.25, -0.2) is 4.39 Å². The van der Waals surface area contributed by atoms with E-state index in [1.54, 1.807) is 17.4 Å². The maximum atomic E-state index is 13.7. The number of hydrogen-bond donors (Lipinski definition) is 1. The molecule has 19 heavy (non-hydrogen) atoms. The Morgan fingerprint density at radius 3 is 2.74 bits per heavy atom. The van der Waals surface area contributed by atoms with Gasteiger partial charge in [-0.05, 0) is 54.8 Å². The standard InChI is InChI=1S/C15H18FNOS/c1-10(7-8-17)14-5-6-15(19-14)11-3-4-13(18-2)12(16)9-11/h3-6,9-10H,7-8,17H2,1-2H3. The zero-order valence-corrected chi connectivity index (χ0v) is 12.0. The first kappa shape index (κ1) is 14.0. The second kappa shape index (κ2) is 6.17. The van der Waals surface area contributed by atoms with Gasteiger partial charge >= 0.3 is 0 Å². The van der Waals surface area contributed by atoms with Crippen molar-refractivity contribution in [2.75, 3.05) is 13.7 Å². The predicted molar refractivity (Wildman–Crippen MR) is 78.4 cm³/mol. The zero-order chi connectivity index (χ0) is 13.8. The maximum absolute atomic E-state index is 13.7. The Morgan fingerprint density at radius 1 is 1.32 bits per heavy atom. The molecule has 2 rings (SSSR count). The van der Waals surface area contributed by atoms with Crippen LogP contribution >= 0.6 is 11.3 Å². The fourth-order valence-corrected chi connectivity index (χ4v) is 3.07. The van der Waals surface area contributed by atoms with Gasteiger partial charge in [0, 0.05) is 9.75 Å². The molecule has 1 atom stereocenters. The molecular weight excluding hydrogens is 261 g/mol. The Hall–Kier alpha value is -1.39. The van der Waals surface area contributed by atoms with Crippen LogP contribution < -0.4 is 10.5 Å². The van der Waals surface area contributed by atoms with Gasteiger partial charge in [0.1, 0.15) is 0 Å². The minimum absolute atomic E-state index is 0.275. The number of methoxy groups -OCH3 is 1. The number of nitrogens with two attached hydrogens (primary N) is 1. The fraction of sp³-hybridized carbons (Fsp3) is 0.333. The first-order chi connectivity index (χ1) is 9.15. The van der Waals surface area contributed by atoms with E-state index in [1.807, 2.05) is 12.1 Å². The van der Waals surface area contributed by atoms with Gasteiger partial charge in [-0.2, -0.15) is 0 Å². The lowest BCUT2D eigenvalue weighted by atomic mass is 10.1. The predicted octanol–water partition coefficient (Wildman–Crippen LogP) is 4.02. The third-order valence-corrected chi connectivity index (χ3v) is 4.51. The average Bonchev–Trinajstić information content (AvgIpc) is 2.88. The van der Waals surface area contributed by atoms with E-state index in [9.17, 15) is 4.39 Å². The molecule has 2 nitrogen and oxygen atoms in total. The summed E-state index contributed by atoms with van der Waals surface area (Å²) in [6.07, 6.45) is 0.969. The molecule has 0 aliphatic carbocycles. The summed E-state index contributed by atoms with van der Waals surface area (Å²) in [6.45, 7) is 2.85. The molecule has 0 radical (unpaired) electrons. The van der Waals surface area contributed by atoms with Crippen LogP contribution in [-0.2, 0) is 0 Å². The molecule has 0 saturated carbocycles. The highest BCUT2D eigenvalue weighted by atomic mass is 32.1. The molecule has 0 saturated heterocycles. The quantitative estimate of drug-likeness (QED) is 0.897. The van der Waals surface area contributed by atoms with E-state index in [1.165, 1.54) is 18.1 Å². The molecule has 4 heteroatoms. The molecule has 0 spiro atoms. The summed E-state index contributed by atoms with van der Waals surface area (Å²) in [5, 5.41) is 0. The molecule has 0 aliphatic rings. The van der Waals surface area contributed by atoms with E-state index in [0.29, 0.717) is 12.5 Å². The molecule has 0 fully saturated rings. The fourth-order valence-electron chi connectivity index (χ4n) is 1.98. The van der Waals surface area contributed by atoms with Gasteiger partial charge in [-0.3, -0.25) is 0 Å². The topological polar surface area (TPSA) is 35.2 Å². The van der Waals surface area contributed by atoms with Crippen LogP contribution in [-0.4, -0.2) is 13.7 Å². The van der Waals surface area contributed by atoms with Crippen molar-refractivity contribution >= 4 is 11.3 Å². The molecule has 0 bridgehead atoms. The van der Waals surface area contributed by atoms with Crippen molar-refractivity contribution in [3.8, 4) is 16.2 Å². The van der Waals surface area contributed by atoms with Gasteiger partial charge in [0.05, 0.1) is 7.11 Å². The van der Waals surface area contributed by atoms with E-state index in [2.05, 4.69) is 13.0 Å². The Bertz CT molecular complexity index is 553. The van der Waals surface area contributed by atoms with E-state index in [0.717, 1.165) is 16.9 Å². The van der Waals surface area contributed by atoms with E-state index in [-0.39, 0.29) is 11.6 Å². The van der Waals surface area contributed by atoms with Crippen molar-refractivity contribution in [3.05, 3.63) is 41.0 Å². The molecule has 102 valence electrons. The Kier molecular flexibility index (Phi) is 4.56. The van der Waals surface area contributed by atoms with Crippen LogP contribution in [0.3, 0.4) is 0 Å². The second-order valence-electron chi connectivity index (χ2n) is 4.53. The van der Waals surface area contributed by atoms with Gasteiger partial charge in [0.2, 0.25) is 0 Å². The summed E-state index contributed by atoms with van der Waals surface area (Å²) >= 11 is 1.69. The van der Waals surface area contributed by atoms with E-state index >= 15 is 0 Å². The highest BCUT2D eigenvalue weighted by Gasteiger charge is 2.11. The SMILES string of the molecule is COc1ccc(-c2ccc(C(C)CCN)s2)cc1F. The van der Waals surface area contributed by atoms with E-state index < -0.39 is 0 Å². The summed E-state index contributed by atoms with van der Waals surface area (Å²) in [4.78, 5) is 2.36. The lowest BCUT2D eigenvalue weighted by Gasteiger charge is -2.06. The Balaban J connectivity index is 2.25. The first-order valence-electron chi connectivity index (χ1n) is 6.29. The van der Waals surface area contributed by atoms with Crippen LogP contribution in [0.1, 0.15) is 24.1 Å². The molecule has 1 unspecified atom stereocenters. The first-order valence-corrected chi connectivity index (χ1v) is 7.11. The van der Waals surface area contributed by atoms with Crippen LogP contribution in [0.4, 0.5) is 4.39 Å². The van der Waals surface area contributed by atoms with Crippen molar-refractivity contribution in [1.29, 1.82) is 0 Å². The van der Waals surface area contributed by atoms with Crippen molar-refractivity contribution in [2.45, 2.75) is 19.3 Å². The molecule has 1 aromatic heterocycles. The molecule has 0 aliphatic heterocycles. The lowest BCUT2D eigenvalue weighted by molar-refractivity contribution is 0.386. The number of hydrogen-bond acceptors (Lipinski definition) is 3. The number of benzene rings is 1. The lowest BCUT2D eigenvalue weighted by Crippen LogP contribution is -2.03. The van der Waals surface area contributed by atoms with Crippen LogP contribution in [0.2, 0.25) is 0 Å². The summed E-state index contributed by atoms with van der Waals surface area (Å²) < 4.78 is 18.6. The Morgan fingerprint density at radius 2 is 2.11 bits per heavy atom. The highest BCUT2D eigenvalue weighted by Crippen LogP contribution is 2.34. The number of ether oxygens (including phenoxy) is 1. The zero-order valence-electron chi connectivity index (χ0n) is 11.2. The minimum Gasteiger partial charge on any atom is -0.494 e. The largest absolute Gasteiger partial charge is 0.494 e. The Labute approximate surface area is 117 Å². The third-order valence-electron chi connectivity index (χ3n) is 3.15. The van der Waals surface area contributed by atoms with Gasteiger partial charge in [0.25, 0.3) is 0 Å². The van der Waals surface area contributed by atoms with E-state index in [4.69, 9.17) is 10.5 Å². The number of rotatable bonds is 5. The molecule has 2 N–H and O–H groups in total. The molecule has 0 amide bonds. The summed E-state index contributed by atoms with van der Waals surface area (Å²) in [6, 6.07) is 9.19. The van der Waals surface area contributed by atoms with Gasteiger partial charge in [-0.15, -0.1) is 11.3 Å². The maximum Gasteiger partial charge on any atom is 0.165 e. The van der Waals surface area contributed by atoms with Crippen molar-refractivity contribution in [1.82, 2.24) is 0 Å². The molecule has 2 aromatic rings. The average molecular weight is 279 g/mol. The normalized spacial score (nSPS) is 12.4. The van der Waals surface area contributed by atoms with Crippen molar-refractivity contribution < 1.29 is 9.13 Å². The second-order valence-corrected chi connectivity index (χ2v) is 5.65. The number of thiophene rings is 1. The summed E-state index contributed by atoms with van der Waals surface area (Å²) in [5.41, 5.74) is 6.46. The molecular formula is C15H18FNOS. The third kappa shape index (κ3) is 3.14. The van der Waals surface area contributed by atoms with Gasteiger partial charge in [-0.1, -0.05) is 6.92 Å². The van der Waals surface area contributed by atoms with Gasteiger partial charge < -0.3 is 10.5 Å². The summed E-state index contributed by atoms with van der Waals surface area (Å²) in [5.74, 6) is 0.397. The van der Waals surface area contributed by atoms with Crippen LogP contribution in [0, 0.1) is 5.82 Å². The van der Waals surface area contributed by atoms with Crippen molar-refractivity contribution in [3.63, 3.8) is 0 Å². The highest BCUT2D eigenvalue weighted by molar-refractivity contribution is 7.15. The van der Waals surface area contributed by atoms with Crippen LogP contribution in [0.5, 0.6) is 5.75 Å². The smallest absolute Gasteiger partial charge is 0.165 e. The minimum atomic E-state index is -0.329. The number of halogens is 1. The summed E-state index contributed by atoms with van der Waals surface area (Å²) in [7, 11) is 1.47. The van der Waals surface area contributed by atoms with Gasteiger partial charge in [0.15, 0.2) is 11.6 Å². The monoisotopic (exact) mass is 279 g/mol.